The number of hydrogen-bond acceptors (Lipinski definition) is 8. The molecule has 0 bridgehead atoms. The number of nitrogens with one attached hydrogen (secondary N) is 2. The molecule has 2 saturated heterocycles. The molecule has 3 N–H and O–H groups in total. The molecule has 5 aromatic rings. The largest absolute Gasteiger partial charge is 0.477 e. The van der Waals surface area contributed by atoms with Crippen LogP contribution in [-0.4, -0.2) is 89.0 Å². The number of nitrogens with zero attached hydrogens (tertiary/aromatic N) is 5. The van der Waals surface area contributed by atoms with Crippen molar-refractivity contribution in [1.29, 1.82) is 0 Å². The zero-order chi connectivity index (χ0) is 31.0. The Labute approximate surface area is 250 Å². The Kier molecular flexibility index (Phi) is 6.55. The van der Waals surface area contributed by atoms with Crippen molar-refractivity contribution in [3.05, 3.63) is 58.1 Å². The lowest BCUT2D eigenvalue weighted by atomic mass is 9.93. The number of carboxylic acid groups (broad SMARTS) is 1. The average Bonchev–Trinajstić information content (AvgIpc) is 3.69. The maximum Gasteiger partial charge on any atom is 0.341 e. The van der Waals surface area contributed by atoms with E-state index >= 15 is 4.39 Å². The summed E-state index contributed by atoms with van der Waals surface area (Å²) in [6.07, 6.45) is 4.41. The number of hydrogen-bond donors (Lipinski definition) is 3. The van der Waals surface area contributed by atoms with Crippen LogP contribution in [0.1, 0.15) is 10.4 Å². The van der Waals surface area contributed by atoms with Crippen LogP contribution in [0.15, 0.2) is 35.5 Å². The van der Waals surface area contributed by atoms with Crippen LogP contribution in [0.25, 0.3) is 44.1 Å². The highest BCUT2D eigenvalue weighted by Crippen LogP contribution is 2.46. The molecule has 13 heteroatoms. The second kappa shape index (κ2) is 10.2. The van der Waals surface area contributed by atoms with Gasteiger partial charge in [-0.15, -0.1) is 0 Å². The van der Waals surface area contributed by atoms with Gasteiger partial charge in [-0.1, -0.05) is 0 Å². The van der Waals surface area contributed by atoms with Crippen LogP contribution in [0.5, 0.6) is 0 Å². The quantitative estimate of drug-likeness (QED) is 0.266. The minimum absolute atomic E-state index is 0.0455. The summed E-state index contributed by atoms with van der Waals surface area (Å²) in [5.74, 6) is -2.82. The van der Waals surface area contributed by atoms with Crippen LogP contribution < -0.4 is 15.6 Å². The highest BCUT2D eigenvalue weighted by molar-refractivity contribution is 6.18. The Balaban J connectivity index is 1.50. The van der Waals surface area contributed by atoms with E-state index < -0.39 is 23.0 Å². The molecule has 44 heavy (non-hydrogen) atoms. The van der Waals surface area contributed by atoms with E-state index in [1.807, 2.05) is 14.1 Å². The lowest BCUT2D eigenvalue weighted by Crippen LogP contribution is -2.30. The number of anilines is 2. The molecule has 1 aromatic carbocycles. The van der Waals surface area contributed by atoms with E-state index in [0.717, 1.165) is 12.6 Å². The third-order valence-corrected chi connectivity index (χ3v) is 8.94. The standard InChI is InChI=1S/C31H31F2N7O4/c1-34-21-6-20(32)25(33)23-24-27(40-11-18-15(9-38(2)3)13-44-22(18)12-40)17(8-35-29(24)37-26(21)23)14-5-16-28(41)19(31(42)43)10-39(4)30(16)36-7-14/h5-8,10,15,18,22,34H,9,11-13H2,1-4H3,(H,35,37)(H,42,43)/t15?,18-,22-/m0/s1. The fraction of sp³-hybridized carbons (Fsp3) is 0.355. The Hall–Kier alpha value is -4.62. The van der Waals surface area contributed by atoms with Crippen molar-refractivity contribution in [2.24, 2.45) is 18.9 Å². The molecule has 0 spiro atoms. The molecule has 0 saturated carbocycles. The number of halogens is 2. The number of benzene rings is 1. The van der Waals surface area contributed by atoms with Gasteiger partial charge >= 0.3 is 5.97 Å². The number of ether oxygens (including phenoxy) is 1. The second-order valence-electron chi connectivity index (χ2n) is 11.9. The highest BCUT2D eigenvalue weighted by Gasteiger charge is 2.45. The number of fused-ring (bicyclic) bond motifs is 5. The molecule has 7 rings (SSSR count). The lowest BCUT2D eigenvalue weighted by molar-refractivity contribution is 0.0695. The lowest BCUT2D eigenvalue weighted by Gasteiger charge is -2.26. The van der Waals surface area contributed by atoms with Crippen molar-refractivity contribution in [2.75, 3.05) is 57.6 Å². The van der Waals surface area contributed by atoms with E-state index in [2.05, 4.69) is 30.1 Å². The Bertz CT molecular complexity index is 2060. The third-order valence-electron chi connectivity index (χ3n) is 8.94. The molecule has 4 aromatic heterocycles. The first kappa shape index (κ1) is 28.2. The van der Waals surface area contributed by atoms with Crippen LogP contribution >= 0.6 is 0 Å². The van der Waals surface area contributed by atoms with Crippen molar-refractivity contribution in [1.82, 2.24) is 24.4 Å². The van der Waals surface area contributed by atoms with E-state index in [1.54, 1.807) is 32.6 Å². The van der Waals surface area contributed by atoms with Crippen LogP contribution in [-0.2, 0) is 11.8 Å². The van der Waals surface area contributed by atoms with Crippen molar-refractivity contribution in [3.63, 3.8) is 0 Å². The number of carbonyl (C=O) groups is 1. The topological polar surface area (TPSA) is 129 Å². The second-order valence-corrected chi connectivity index (χ2v) is 11.9. The van der Waals surface area contributed by atoms with Gasteiger partial charge in [-0.25, -0.2) is 23.5 Å². The summed E-state index contributed by atoms with van der Waals surface area (Å²) < 4.78 is 38.4. The summed E-state index contributed by atoms with van der Waals surface area (Å²) >= 11 is 0. The van der Waals surface area contributed by atoms with Gasteiger partial charge in [0.15, 0.2) is 11.6 Å². The summed E-state index contributed by atoms with van der Waals surface area (Å²) in [5, 5.41) is 13.2. The van der Waals surface area contributed by atoms with Crippen molar-refractivity contribution in [3.8, 4) is 11.1 Å². The SMILES string of the molecule is CNc1cc(F)c(F)c2c1[nH]c1ncc(-c3cnc4c(c3)c(=O)c(C(=O)O)cn4C)c(N3C[C@@H]4OCC(CN(C)C)[C@@H]4C3)c12. The van der Waals surface area contributed by atoms with Crippen LogP contribution in [0.2, 0.25) is 0 Å². The van der Waals surface area contributed by atoms with E-state index in [0.29, 0.717) is 70.3 Å². The molecule has 0 aliphatic carbocycles. The fourth-order valence-electron chi connectivity index (χ4n) is 6.98. The van der Waals surface area contributed by atoms with Gasteiger partial charge in [-0.3, -0.25) is 4.79 Å². The molecule has 3 atom stereocenters. The minimum Gasteiger partial charge on any atom is -0.477 e. The Morgan fingerprint density at radius 1 is 1.20 bits per heavy atom. The molecule has 2 aliphatic heterocycles. The summed E-state index contributed by atoms with van der Waals surface area (Å²) in [4.78, 5) is 41.6. The van der Waals surface area contributed by atoms with E-state index in [-0.39, 0.29) is 28.4 Å². The van der Waals surface area contributed by atoms with Crippen LogP contribution in [0.3, 0.4) is 0 Å². The predicted molar refractivity (Wildman–Crippen MR) is 163 cm³/mol. The maximum absolute atomic E-state index is 15.7. The van der Waals surface area contributed by atoms with Gasteiger partial charge in [-0.2, -0.15) is 0 Å². The van der Waals surface area contributed by atoms with Crippen LogP contribution in [0.4, 0.5) is 20.2 Å². The van der Waals surface area contributed by atoms with E-state index in [9.17, 15) is 19.1 Å². The smallest absolute Gasteiger partial charge is 0.341 e. The van der Waals surface area contributed by atoms with Gasteiger partial charge < -0.3 is 34.5 Å². The first-order valence-corrected chi connectivity index (χ1v) is 14.3. The number of pyridine rings is 3. The monoisotopic (exact) mass is 603 g/mol. The van der Waals surface area contributed by atoms with E-state index in [1.165, 1.54) is 10.8 Å². The zero-order valence-corrected chi connectivity index (χ0v) is 24.6. The number of carboxylic acids is 1. The number of H-pyrrole nitrogens is 1. The zero-order valence-electron chi connectivity index (χ0n) is 24.6. The fourth-order valence-corrected chi connectivity index (χ4v) is 6.98. The average molecular weight is 604 g/mol. The molecular formula is C31H31F2N7O4. The van der Waals surface area contributed by atoms with Gasteiger partial charge in [-0.05, 0) is 20.2 Å². The Morgan fingerprint density at radius 3 is 2.73 bits per heavy atom. The first-order valence-electron chi connectivity index (χ1n) is 14.3. The highest BCUT2D eigenvalue weighted by atomic mass is 19.2. The first-order chi connectivity index (χ1) is 21.1. The third kappa shape index (κ3) is 4.21. The van der Waals surface area contributed by atoms with Gasteiger partial charge in [0.2, 0.25) is 5.43 Å². The molecule has 1 unspecified atom stereocenters. The maximum atomic E-state index is 15.7. The van der Waals surface area contributed by atoms with Gasteiger partial charge in [0, 0.05) is 81.3 Å². The number of aromatic carboxylic acids is 1. The molecule has 2 aliphatic rings. The minimum atomic E-state index is -1.34. The predicted octanol–water partition coefficient (Wildman–Crippen LogP) is 3.66. The van der Waals surface area contributed by atoms with Gasteiger partial charge in [0.1, 0.15) is 16.9 Å². The molecule has 2 fully saturated rings. The molecular weight excluding hydrogens is 572 g/mol. The molecule has 0 radical (unpaired) electrons. The number of aromatic nitrogens is 4. The van der Waals surface area contributed by atoms with Crippen LogP contribution in [0, 0.1) is 23.5 Å². The van der Waals surface area contributed by atoms with Crippen molar-refractivity contribution >= 4 is 50.3 Å². The summed E-state index contributed by atoms with van der Waals surface area (Å²) in [6.45, 7) is 2.65. The normalized spacial score (nSPS) is 20.0. The van der Waals surface area contributed by atoms with Gasteiger partial charge in [0.05, 0.1) is 45.8 Å². The Morgan fingerprint density at radius 2 is 2.00 bits per heavy atom. The number of aromatic amines is 1. The van der Waals surface area contributed by atoms with Gasteiger partial charge in [0.25, 0.3) is 0 Å². The van der Waals surface area contributed by atoms with Crippen molar-refractivity contribution < 1.29 is 23.4 Å². The summed E-state index contributed by atoms with van der Waals surface area (Å²) in [6, 6.07) is 2.70. The molecule has 228 valence electrons. The molecule has 11 nitrogen and oxygen atoms in total. The summed E-state index contributed by atoms with van der Waals surface area (Å²) in [5.41, 5.74) is 2.07. The molecule has 0 amide bonds. The van der Waals surface area contributed by atoms with Crippen molar-refractivity contribution in [2.45, 2.75) is 6.10 Å². The molecule has 6 heterocycles. The summed E-state index contributed by atoms with van der Waals surface area (Å²) in [7, 11) is 7.31. The van der Waals surface area contributed by atoms with E-state index in [4.69, 9.17) is 4.74 Å². The number of aryl methyl sites for hydroxylation is 1. The number of rotatable bonds is 6.